The second-order valence-corrected chi connectivity index (χ2v) is 7.87. The molecule has 3 rings (SSSR count). The highest BCUT2D eigenvalue weighted by atomic mass is 32.2. The van der Waals surface area contributed by atoms with Crippen molar-refractivity contribution in [1.82, 2.24) is 4.90 Å². The molecule has 1 amide bonds. The van der Waals surface area contributed by atoms with E-state index in [2.05, 4.69) is 25.3 Å². The molecule has 0 saturated carbocycles. The summed E-state index contributed by atoms with van der Waals surface area (Å²) in [4.78, 5) is 16.3. The third-order valence-corrected chi connectivity index (χ3v) is 6.04. The Labute approximate surface area is 122 Å². The van der Waals surface area contributed by atoms with Crippen molar-refractivity contribution in [1.29, 1.82) is 0 Å². The molecule has 104 valence electrons. The minimum atomic E-state index is -0.191. The Morgan fingerprint density at radius 2 is 2.37 bits per heavy atom. The third-order valence-electron chi connectivity index (χ3n) is 3.81. The second kappa shape index (κ2) is 5.11. The average Bonchev–Trinajstić information content (AvgIpc) is 2.85. The van der Waals surface area contributed by atoms with Crippen molar-refractivity contribution in [2.24, 2.45) is 0 Å². The minimum absolute atomic E-state index is 0.00706. The number of carbonyl (C=O) groups is 1. The van der Waals surface area contributed by atoms with Crippen LogP contribution in [-0.4, -0.2) is 41.9 Å². The Hall–Kier alpha value is -0.520. The van der Waals surface area contributed by atoms with Crippen LogP contribution >= 0.6 is 23.1 Å². The number of ether oxygens (including phenoxy) is 1. The molecule has 2 aliphatic rings. The average molecular weight is 297 g/mol. The van der Waals surface area contributed by atoms with Crippen LogP contribution < -0.4 is 0 Å². The maximum absolute atomic E-state index is 12.9. The van der Waals surface area contributed by atoms with E-state index in [0.717, 1.165) is 12.2 Å². The maximum Gasteiger partial charge on any atom is 0.240 e. The summed E-state index contributed by atoms with van der Waals surface area (Å²) < 4.78 is 5.51. The van der Waals surface area contributed by atoms with Crippen LogP contribution in [0, 0.1) is 0 Å². The van der Waals surface area contributed by atoms with E-state index in [1.54, 1.807) is 23.1 Å². The number of hydrogen-bond acceptors (Lipinski definition) is 4. The molecule has 1 unspecified atom stereocenters. The molecule has 0 bridgehead atoms. The summed E-state index contributed by atoms with van der Waals surface area (Å²) in [5.74, 6) is 1.31. The van der Waals surface area contributed by atoms with E-state index in [0.29, 0.717) is 19.8 Å². The molecule has 5 heteroatoms. The van der Waals surface area contributed by atoms with Gasteiger partial charge in [-0.05, 0) is 43.0 Å². The Morgan fingerprint density at radius 3 is 3.16 bits per heavy atom. The van der Waals surface area contributed by atoms with Crippen molar-refractivity contribution >= 4 is 29.0 Å². The van der Waals surface area contributed by atoms with Gasteiger partial charge in [-0.3, -0.25) is 4.79 Å². The van der Waals surface area contributed by atoms with Gasteiger partial charge in [0.2, 0.25) is 5.91 Å². The fourth-order valence-corrected chi connectivity index (χ4v) is 5.11. The molecule has 3 heterocycles. The largest absolute Gasteiger partial charge is 0.377 e. The van der Waals surface area contributed by atoms with E-state index in [1.807, 2.05) is 4.90 Å². The van der Waals surface area contributed by atoms with Crippen LogP contribution in [0.3, 0.4) is 0 Å². The lowest BCUT2D eigenvalue weighted by atomic mass is 10.0. The maximum atomic E-state index is 12.9. The van der Waals surface area contributed by atoms with Crippen molar-refractivity contribution in [2.45, 2.75) is 31.1 Å². The van der Waals surface area contributed by atoms with Gasteiger partial charge in [-0.2, -0.15) is 0 Å². The number of carbonyl (C=O) groups excluding carboxylic acids is 1. The molecule has 1 atom stereocenters. The van der Waals surface area contributed by atoms with E-state index in [9.17, 15) is 4.79 Å². The number of rotatable bonds is 1. The lowest BCUT2D eigenvalue weighted by molar-refractivity contribution is -0.145. The van der Waals surface area contributed by atoms with Gasteiger partial charge in [-0.25, -0.2) is 0 Å². The number of amides is 1. The number of nitrogens with zero attached hydrogens (tertiary/aromatic N) is 1. The van der Waals surface area contributed by atoms with Crippen LogP contribution in [0.1, 0.15) is 29.5 Å². The quantitative estimate of drug-likeness (QED) is 0.798. The first-order chi connectivity index (χ1) is 9.09. The number of aryl methyl sites for hydroxylation is 1. The number of fused-ring (bicyclic) bond motifs is 1. The zero-order valence-electron chi connectivity index (χ0n) is 11.3. The molecule has 0 aromatic carbocycles. The van der Waals surface area contributed by atoms with Crippen molar-refractivity contribution in [3.8, 4) is 0 Å². The molecule has 1 aromatic rings. The molecular formula is C14H19NO2S2. The molecular weight excluding hydrogens is 278 g/mol. The SMILES string of the molecule is CC1(C)COCCN1C(=O)C1SCCc2sccc21. The van der Waals surface area contributed by atoms with Crippen LogP contribution in [-0.2, 0) is 16.0 Å². The van der Waals surface area contributed by atoms with Crippen LogP contribution in [0.2, 0.25) is 0 Å². The third kappa shape index (κ3) is 2.43. The van der Waals surface area contributed by atoms with Crippen LogP contribution in [0.25, 0.3) is 0 Å². The molecule has 2 aliphatic heterocycles. The highest BCUT2D eigenvalue weighted by Crippen LogP contribution is 2.41. The van der Waals surface area contributed by atoms with Gasteiger partial charge < -0.3 is 9.64 Å². The van der Waals surface area contributed by atoms with E-state index in [-0.39, 0.29) is 16.7 Å². The summed E-state index contributed by atoms with van der Waals surface area (Å²) in [6.45, 7) is 6.18. The summed E-state index contributed by atoms with van der Waals surface area (Å²) in [7, 11) is 0. The van der Waals surface area contributed by atoms with E-state index >= 15 is 0 Å². The summed E-state index contributed by atoms with van der Waals surface area (Å²) >= 11 is 3.57. The predicted octanol–water partition coefficient (Wildman–Crippen LogP) is 2.72. The summed E-state index contributed by atoms with van der Waals surface area (Å²) in [6, 6.07) is 2.13. The van der Waals surface area contributed by atoms with Gasteiger partial charge in [0.15, 0.2) is 0 Å². The molecule has 0 radical (unpaired) electrons. The number of thioether (sulfide) groups is 1. The fourth-order valence-electron chi connectivity index (χ4n) is 2.76. The molecule has 1 saturated heterocycles. The Kier molecular flexibility index (Phi) is 3.62. The molecule has 0 N–H and O–H groups in total. The molecule has 0 spiro atoms. The van der Waals surface area contributed by atoms with Crippen molar-refractivity contribution in [2.75, 3.05) is 25.5 Å². The van der Waals surface area contributed by atoms with Crippen LogP contribution in [0.4, 0.5) is 0 Å². The van der Waals surface area contributed by atoms with Gasteiger partial charge in [0.05, 0.1) is 18.8 Å². The Morgan fingerprint density at radius 1 is 1.53 bits per heavy atom. The monoisotopic (exact) mass is 297 g/mol. The van der Waals surface area contributed by atoms with E-state index < -0.39 is 0 Å². The number of thiophene rings is 1. The first-order valence-electron chi connectivity index (χ1n) is 6.67. The topological polar surface area (TPSA) is 29.5 Å². The summed E-state index contributed by atoms with van der Waals surface area (Å²) in [5.41, 5.74) is 1.05. The van der Waals surface area contributed by atoms with Gasteiger partial charge in [0, 0.05) is 11.4 Å². The first-order valence-corrected chi connectivity index (χ1v) is 8.59. The Bertz CT molecular complexity index is 484. The van der Waals surface area contributed by atoms with Crippen molar-refractivity contribution < 1.29 is 9.53 Å². The lowest BCUT2D eigenvalue weighted by Gasteiger charge is -2.43. The molecule has 19 heavy (non-hydrogen) atoms. The molecule has 1 fully saturated rings. The molecule has 3 nitrogen and oxygen atoms in total. The van der Waals surface area contributed by atoms with Gasteiger partial charge >= 0.3 is 0 Å². The summed E-state index contributed by atoms with van der Waals surface area (Å²) in [6.07, 6.45) is 1.11. The van der Waals surface area contributed by atoms with Crippen molar-refractivity contribution in [3.05, 3.63) is 21.9 Å². The number of morpholine rings is 1. The van der Waals surface area contributed by atoms with Crippen molar-refractivity contribution in [3.63, 3.8) is 0 Å². The number of hydrogen-bond donors (Lipinski definition) is 0. The Balaban J connectivity index is 1.85. The molecule has 0 aliphatic carbocycles. The summed E-state index contributed by atoms with van der Waals surface area (Å²) in [5, 5.41) is 2.11. The fraction of sp³-hybridized carbons (Fsp3) is 0.643. The zero-order valence-corrected chi connectivity index (χ0v) is 13.0. The minimum Gasteiger partial charge on any atom is -0.377 e. The van der Waals surface area contributed by atoms with Gasteiger partial charge in [-0.15, -0.1) is 23.1 Å². The zero-order chi connectivity index (χ0) is 13.5. The lowest BCUT2D eigenvalue weighted by Crippen LogP contribution is -2.56. The van der Waals surface area contributed by atoms with Crippen LogP contribution in [0.5, 0.6) is 0 Å². The standard InChI is InChI=1S/C14H19NO2S2/c1-14(2)9-17-6-5-15(14)13(16)12-10-3-7-18-11(10)4-8-19-12/h3,7,12H,4-6,8-9H2,1-2H3. The van der Waals surface area contributed by atoms with Gasteiger partial charge in [0.1, 0.15) is 5.25 Å². The van der Waals surface area contributed by atoms with Gasteiger partial charge in [0.25, 0.3) is 0 Å². The van der Waals surface area contributed by atoms with Gasteiger partial charge in [-0.1, -0.05) is 0 Å². The first kappa shape index (κ1) is 13.5. The second-order valence-electron chi connectivity index (χ2n) is 5.65. The van der Waals surface area contributed by atoms with E-state index in [4.69, 9.17) is 4.74 Å². The highest BCUT2D eigenvalue weighted by molar-refractivity contribution is 8.00. The predicted molar refractivity (Wildman–Crippen MR) is 79.8 cm³/mol. The van der Waals surface area contributed by atoms with Crippen LogP contribution in [0.15, 0.2) is 11.4 Å². The normalized spacial score (nSPS) is 26.0. The van der Waals surface area contributed by atoms with E-state index in [1.165, 1.54) is 10.4 Å². The molecule has 1 aromatic heterocycles. The smallest absolute Gasteiger partial charge is 0.240 e. The highest BCUT2D eigenvalue weighted by Gasteiger charge is 2.39.